The molecule has 0 spiro atoms. The monoisotopic (exact) mass is 134 g/mol. The molecule has 0 heterocycles. The Balaban J connectivity index is 2.72. The summed E-state index contributed by atoms with van der Waals surface area (Å²) < 4.78 is 5.16. The molecule has 8 heavy (non-hydrogen) atoms. The highest BCUT2D eigenvalue weighted by Gasteiger charge is 1.89. The molecule has 0 unspecified atom stereocenters. The van der Waals surface area contributed by atoms with Crippen LogP contribution < -0.4 is 0 Å². The Labute approximate surface area is 53.2 Å². The number of rotatable bonds is 4. The molecule has 0 aromatic rings. The van der Waals surface area contributed by atoms with Crippen molar-refractivity contribution in [2.45, 2.75) is 6.92 Å². The summed E-state index contributed by atoms with van der Waals surface area (Å²) >= 11 is 0. The van der Waals surface area contributed by atoms with Crippen molar-refractivity contribution >= 4 is 7.92 Å². The molecule has 0 aliphatic carbocycles. The normalized spacial score (nSPS) is 10.5. The lowest BCUT2D eigenvalue weighted by Gasteiger charge is -2.03. The van der Waals surface area contributed by atoms with Gasteiger partial charge in [0.05, 0.1) is 6.61 Å². The highest BCUT2D eigenvalue weighted by molar-refractivity contribution is 7.55. The van der Waals surface area contributed by atoms with Gasteiger partial charge in [0.1, 0.15) is 0 Å². The smallest absolute Gasteiger partial charge is 0.0504 e. The molecule has 0 saturated heterocycles. The van der Waals surface area contributed by atoms with Gasteiger partial charge in [0.2, 0.25) is 0 Å². The zero-order valence-corrected chi connectivity index (χ0v) is 6.87. The summed E-state index contributed by atoms with van der Waals surface area (Å²) in [4.78, 5) is 0. The fourth-order valence-corrected chi connectivity index (χ4v) is 0.886. The standard InChI is InChI=1S/C6H15OP/c1-4-7-5-6-8(2)3/h4-6H2,1-3H3. The summed E-state index contributed by atoms with van der Waals surface area (Å²) in [5.74, 6) is 0. The molecule has 2 heteroatoms. The third-order valence-corrected chi connectivity index (χ3v) is 1.96. The first-order valence-corrected chi connectivity index (χ1v) is 5.42. The van der Waals surface area contributed by atoms with Crippen LogP contribution in [0.2, 0.25) is 0 Å². The molecule has 0 aromatic heterocycles. The van der Waals surface area contributed by atoms with E-state index in [0.717, 1.165) is 13.2 Å². The molecule has 0 atom stereocenters. The number of ether oxygens (including phenoxy) is 1. The minimum absolute atomic E-state index is 0.263. The van der Waals surface area contributed by atoms with Gasteiger partial charge in [0, 0.05) is 6.61 Å². The van der Waals surface area contributed by atoms with Crippen LogP contribution in [-0.4, -0.2) is 32.7 Å². The SMILES string of the molecule is CCOCCP(C)C. The first-order valence-electron chi connectivity index (χ1n) is 3.00. The van der Waals surface area contributed by atoms with Gasteiger partial charge in [-0.2, -0.15) is 0 Å². The Morgan fingerprint density at radius 3 is 2.38 bits per heavy atom. The van der Waals surface area contributed by atoms with Crippen LogP contribution in [0.5, 0.6) is 0 Å². The predicted molar refractivity (Wildman–Crippen MR) is 40.1 cm³/mol. The molecular formula is C6H15OP. The Hall–Kier alpha value is 0.390. The third kappa shape index (κ3) is 6.39. The van der Waals surface area contributed by atoms with E-state index in [0.29, 0.717) is 0 Å². The summed E-state index contributed by atoms with van der Waals surface area (Å²) in [5.41, 5.74) is 0. The Morgan fingerprint density at radius 2 is 2.00 bits per heavy atom. The minimum Gasteiger partial charge on any atom is -0.381 e. The van der Waals surface area contributed by atoms with Crippen molar-refractivity contribution in [3.8, 4) is 0 Å². The van der Waals surface area contributed by atoms with E-state index in [1.165, 1.54) is 6.16 Å². The molecule has 0 aliphatic rings. The van der Waals surface area contributed by atoms with E-state index in [1.54, 1.807) is 0 Å². The summed E-state index contributed by atoms with van der Waals surface area (Å²) in [6, 6.07) is 0. The average Bonchev–Trinajstić information content (AvgIpc) is 1.66. The van der Waals surface area contributed by atoms with Crippen LogP contribution in [0, 0.1) is 0 Å². The minimum atomic E-state index is 0.263. The molecule has 0 radical (unpaired) electrons. The summed E-state index contributed by atoms with van der Waals surface area (Å²) in [7, 11) is 0.263. The molecule has 0 fully saturated rings. The second-order valence-electron chi connectivity index (χ2n) is 2.00. The second kappa shape index (κ2) is 5.53. The van der Waals surface area contributed by atoms with Crippen LogP contribution in [0.3, 0.4) is 0 Å². The first kappa shape index (κ1) is 8.39. The molecule has 50 valence electrons. The first-order chi connectivity index (χ1) is 3.77. The maximum Gasteiger partial charge on any atom is 0.0504 e. The highest BCUT2D eigenvalue weighted by atomic mass is 31.1. The van der Waals surface area contributed by atoms with Crippen molar-refractivity contribution in [3.05, 3.63) is 0 Å². The molecule has 0 bridgehead atoms. The van der Waals surface area contributed by atoms with Crippen molar-refractivity contribution in [1.29, 1.82) is 0 Å². The zero-order chi connectivity index (χ0) is 6.41. The van der Waals surface area contributed by atoms with Gasteiger partial charge in [0.15, 0.2) is 0 Å². The highest BCUT2D eigenvalue weighted by Crippen LogP contribution is 2.22. The molecule has 0 rings (SSSR count). The van der Waals surface area contributed by atoms with E-state index >= 15 is 0 Å². The van der Waals surface area contributed by atoms with Crippen LogP contribution in [0.4, 0.5) is 0 Å². The fraction of sp³-hybridized carbons (Fsp3) is 1.00. The van der Waals surface area contributed by atoms with Crippen LogP contribution in [-0.2, 0) is 4.74 Å². The fourth-order valence-electron chi connectivity index (χ4n) is 0.391. The Bertz CT molecular complexity index is 45.8. The van der Waals surface area contributed by atoms with Gasteiger partial charge in [-0.1, -0.05) is 0 Å². The van der Waals surface area contributed by atoms with Gasteiger partial charge in [-0.25, -0.2) is 0 Å². The van der Waals surface area contributed by atoms with E-state index in [4.69, 9.17) is 4.74 Å². The summed E-state index contributed by atoms with van der Waals surface area (Å²) in [6.45, 7) is 8.40. The third-order valence-electron chi connectivity index (χ3n) is 0.887. The molecule has 0 aliphatic heterocycles. The number of hydrogen-bond donors (Lipinski definition) is 0. The molecule has 0 N–H and O–H groups in total. The van der Waals surface area contributed by atoms with E-state index in [9.17, 15) is 0 Å². The van der Waals surface area contributed by atoms with Crippen molar-refractivity contribution in [3.63, 3.8) is 0 Å². The topological polar surface area (TPSA) is 9.23 Å². The molecule has 0 saturated carbocycles. The van der Waals surface area contributed by atoms with Crippen molar-refractivity contribution in [1.82, 2.24) is 0 Å². The van der Waals surface area contributed by atoms with Crippen LogP contribution in [0.15, 0.2) is 0 Å². The molecule has 0 amide bonds. The van der Waals surface area contributed by atoms with Gasteiger partial charge in [-0.15, -0.1) is 7.92 Å². The second-order valence-corrected chi connectivity index (χ2v) is 4.61. The van der Waals surface area contributed by atoms with Gasteiger partial charge in [0.25, 0.3) is 0 Å². The molecule has 0 aromatic carbocycles. The van der Waals surface area contributed by atoms with Gasteiger partial charge in [-0.3, -0.25) is 0 Å². The van der Waals surface area contributed by atoms with Crippen molar-refractivity contribution in [2.24, 2.45) is 0 Å². The predicted octanol–water partition coefficient (Wildman–Crippen LogP) is 1.76. The summed E-state index contributed by atoms with van der Waals surface area (Å²) in [6.07, 6.45) is 1.25. The lowest BCUT2D eigenvalue weighted by molar-refractivity contribution is 0.164. The van der Waals surface area contributed by atoms with Crippen molar-refractivity contribution < 1.29 is 4.74 Å². The lowest BCUT2D eigenvalue weighted by Crippen LogP contribution is -1.96. The molecule has 1 nitrogen and oxygen atoms in total. The zero-order valence-electron chi connectivity index (χ0n) is 5.98. The van der Waals surface area contributed by atoms with E-state index in [-0.39, 0.29) is 7.92 Å². The van der Waals surface area contributed by atoms with E-state index < -0.39 is 0 Å². The van der Waals surface area contributed by atoms with Crippen LogP contribution in [0.1, 0.15) is 6.92 Å². The van der Waals surface area contributed by atoms with E-state index in [2.05, 4.69) is 13.3 Å². The quantitative estimate of drug-likeness (QED) is 0.420. The van der Waals surface area contributed by atoms with Crippen molar-refractivity contribution in [2.75, 3.05) is 32.7 Å². The van der Waals surface area contributed by atoms with E-state index in [1.807, 2.05) is 6.92 Å². The van der Waals surface area contributed by atoms with Gasteiger partial charge in [-0.05, 0) is 26.4 Å². The van der Waals surface area contributed by atoms with Crippen LogP contribution in [0.25, 0.3) is 0 Å². The number of hydrogen-bond acceptors (Lipinski definition) is 1. The van der Waals surface area contributed by atoms with Gasteiger partial charge < -0.3 is 4.74 Å². The largest absolute Gasteiger partial charge is 0.381 e. The summed E-state index contributed by atoms with van der Waals surface area (Å²) in [5, 5.41) is 0. The Kier molecular flexibility index (Phi) is 5.79. The van der Waals surface area contributed by atoms with Crippen LogP contribution >= 0.6 is 7.92 Å². The maximum absolute atomic E-state index is 5.16. The maximum atomic E-state index is 5.16. The Morgan fingerprint density at radius 1 is 1.38 bits per heavy atom. The average molecular weight is 134 g/mol. The van der Waals surface area contributed by atoms with Gasteiger partial charge >= 0.3 is 0 Å². The molecular weight excluding hydrogens is 119 g/mol. The lowest BCUT2D eigenvalue weighted by atomic mass is 10.8.